The van der Waals surface area contributed by atoms with Crippen LogP contribution in [0.4, 0.5) is 0 Å². The fourth-order valence-electron chi connectivity index (χ4n) is 2.10. The first-order chi connectivity index (χ1) is 8.08. The third-order valence-electron chi connectivity index (χ3n) is 2.99. The van der Waals surface area contributed by atoms with E-state index in [2.05, 4.69) is 24.0 Å². The van der Waals surface area contributed by atoms with Crippen LogP contribution in [0.25, 0.3) is 0 Å². The molecule has 1 aliphatic heterocycles. The minimum atomic E-state index is -0.399. The van der Waals surface area contributed by atoms with E-state index in [0.29, 0.717) is 19.0 Å². The Morgan fingerprint density at radius 3 is 3.00 bits per heavy atom. The Bertz CT molecular complexity index is 400. The standard InChI is InChI=1S/C11H19N5O/c1-8(2)5-9(12)11(17)15-3-4-16-7-13-14-10(16)6-15/h7-9H,3-6,12H2,1-2H3/t9-/m0/s1. The second kappa shape index (κ2) is 4.83. The minimum absolute atomic E-state index is 0.0213. The highest BCUT2D eigenvalue weighted by Crippen LogP contribution is 2.12. The van der Waals surface area contributed by atoms with Crippen LogP contribution in [0.15, 0.2) is 6.33 Å². The zero-order valence-corrected chi connectivity index (χ0v) is 10.3. The topological polar surface area (TPSA) is 77.0 Å². The Balaban J connectivity index is 1.98. The summed E-state index contributed by atoms with van der Waals surface area (Å²) in [5.41, 5.74) is 5.91. The van der Waals surface area contributed by atoms with Gasteiger partial charge in [-0.15, -0.1) is 10.2 Å². The molecule has 1 amide bonds. The van der Waals surface area contributed by atoms with Crippen molar-refractivity contribution in [2.45, 2.75) is 39.4 Å². The number of carbonyl (C=O) groups excluding carboxylic acids is 1. The molecule has 94 valence electrons. The van der Waals surface area contributed by atoms with E-state index in [9.17, 15) is 4.79 Å². The number of carbonyl (C=O) groups is 1. The van der Waals surface area contributed by atoms with Crippen LogP contribution in [0, 0.1) is 5.92 Å². The van der Waals surface area contributed by atoms with Crippen molar-refractivity contribution < 1.29 is 4.79 Å². The zero-order chi connectivity index (χ0) is 12.4. The average molecular weight is 237 g/mol. The Morgan fingerprint density at radius 2 is 2.29 bits per heavy atom. The van der Waals surface area contributed by atoms with Gasteiger partial charge in [-0.3, -0.25) is 4.79 Å². The highest BCUT2D eigenvalue weighted by atomic mass is 16.2. The molecule has 2 heterocycles. The largest absolute Gasteiger partial charge is 0.332 e. The van der Waals surface area contributed by atoms with Gasteiger partial charge in [0.15, 0.2) is 5.82 Å². The molecule has 0 spiro atoms. The van der Waals surface area contributed by atoms with Gasteiger partial charge in [0.25, 0.3) is 0 Å². The lowest BCUT2D eigenvalue weighted by molar-refractivity contribution is -0.134. The van der Waals surface area contributed by atoms with Crippen molar-refractivity contribution in [2.75, 3.05) is 6.54 Å². The van der Waals surface area contributed by atoms with E-state index in [4.69, 9.17) is 5.73 Å². The fourth-order valence-corrected chi connectivity index (χ4v) is 2.10. The summed E-state index contributed by atoms with van der Waals surface area (Å²) in [6.45, 7) is 6.10. The summed E-state index contributed by atoms with van der Waals surface area (Å²) in [5.74, 6) is 1.29. The van der Waals surface area contributed by atoms with Crippen LogP contribution in [0.2, 0.25) is 0 Å². The molecule has 0 saturated heterocycles. The Labute approximate surface area is 101 Å². The Morgan fingerprint density at radius 1 is 1.53 bits per heavy atom. The van der Waals surface area contributed by atoms with Crippen LogP contribution in [-0.2, 0) is 17.9 Å². The van der Waals surface area contributed by atoms with Gasteiger partial charge in [0.05, 0.1) is 12.6 Å². The van der Waals surface area contributed by atoms with Crippen molar-refractivity contribution in [3.05, 3.63) is 12.2 Å². The van der Waals surface area contributed by atoms with Crippen LogP contribution in [0.5, 0.6) is 0 Å². The molecule has 6 heteroatoms. The first kappa shape index (κ1) is 12.0. The number of rotatable bonds is 3. The van der Waals surface area contributed by atoms with Gasteiger partial charge < -0.3 is 15.2 Å². The third-order valence-corrected chi connectivity index (χ3v) is 2.99. The van der Waals surface area contributed by atoms with E-state index in [1.807, 2.05) is 4.57 Å². The van der Waals surface area contributed by atoms with E-state index in [1.165, 1.54) is 0 Å². The van der Waals surface area contributed by atoms with Crippen LogP contribution >= 0.6 is 0 Å². The summed E-state index contributed by atoms with van der Waals surface area (Å²) in [4.78, 5) is 13.9. The van der Waals surface area contributed by atoms with Gasteiger partial charge >= 0.3 is 0 Å². The first-order valence-corrected chi connectivity index (χ1v) is 5.99. The molecule has 0 saturated carbocycles. The van der Waals surface area contributed by atoms with Gasteiger partial charge in [0, 0.05) is 13.1 Å². The number of nitrogens with zero attached hydrogens (tertiary/aromatic N) is 4. The van der Waals surface area contributed by atoms with Gasteiger partial charge in [-0.2, -0.15) is 0 Å². The molecule has 1 aromatic heterocycles. The summed E-state index contributed by atoms with van der Waals surface area (Å²) < 4.78 is 1.97. The van der Waals surface area contributed by atoms with Crippen LogP contribution < -0.4 is 5.73 Å². The van der Waals surface area contributed by atoms with Crippen molar-refractivity contribution in [3.63, 3.8) is 0 Å². The summed E-state index contributed by atoms with van der Waals surface area (Å²) in [7, 11) is 0. The second-order valence-corrected chi connectivity index (χ2v) is 4.94. The number of nitrogens with two attached hydrogens (primary N) is 1. The van der Waals surface area contributed by atoms with Crippen molar-refractivity contribution in [1.82, 2.24) is 19.7 Å². The molecule has 0 aromatic carbocycles. The SMILES string of the molecule is CC(C)C[C@H](N)C(=O)N1CCn2cnnc2C1. The van der Waals surface area contributed by atoms with Crippen molar-refractivity contribution >= 4 is 5.91 Å². The maximum absolute atomic E-state index is 12.1. The molecule has 2 N–H and O–H groups in total. The zero-order valence-electron chi connectivity index (χ0n) is 10.3. The third kappa shape index (κ3) is 2.63. The highest BCUT2D eigenvalue weighted by molar-refractivity contribution is 5.81. The maximum Gasteiger partial charge on any atom is 0.239 e. The second-order valence-electron chi connectivity index (χ2n) is 4.94. The summed E-state index contributed by atoms with van der Waals surface area (Å²) in [6, 6.07) is -0.399. The van der Waals surface area contributed by atoms with E-state index in [0.717, 1.165) is 18.8 Å². The molecule has 17 heavy (non-hydrogen) atoms. The molecule has 1 aliphatic rings. The van der Waals surface area contributed by atoms with Crippen molar-refractivity contribution in [1.29, 1.82) is 0 Å². The molecule has 2 rings (SSSR count). The molecule has 0 radical (unpaired) electrons. The van der Waals surface area contributed by atoms with Gasteiger partial charge in [-0.05, 0) is 12.3 Å². The van der Waals surface area contributed by atoms with Gasteiger partial charge in [-0.1, -0.05) is 13.8 Å². The Hall–Kier alpha value is -1.43. The normalized spacial score (nSPS) is 17.1. The molecule has 6 nitrogen and oxygen atoms in total. The van der Waals surface area contributed by atoms with Crippen LogP contribution in [0.1, 0.15) is 26.1 Å². The molecule has 0 fully saturated rings. The fraction of sp³-hybridized carbons (Fsp3) is 0.727. The number of hydrogen-bond donors (Lipinski definition) is 1. The lowest BCUT2D eigenvalue weighted by Gasteiger charge is -2.29. The monoisotopic (exact) mass is 237 g/mol. The summed E-state index contributed by atoms with van der Waals surface area (Å²) >= 11 is 0. The number of hydrogen-bond acceptors (Lipinski definition) is 4. The van der Waals surface area contributed by atoms with E-state index in [1.54, 1.807) is 11.2 Å². The van der Waals surface area contributed by atoms with Gasteiger partial charge in [-0.25, -0.2) is 0 Å². The Kier molecular flexibility index (Phi) is 3.42. The summed E-state index contributed by atoms with van der Waals surface area (Å²) in [6.07, 6.45) is 2.42. The van der Waals surface area contributed by atoms with Gasteiger partial charge in [0.1, 0.15) is 6.33 Å². The smallest absolute Gasteiger partial charge is 0.239 e. The van der Waals surface area contributed by atoms with Crippen molar-refractivity contribution in [3.8, 4) is 0 Å². The number of amides is 1. The average Bonchev–Trinajstić information content (AvgIpc) is 2.73. The molecule has 0 aliphatic carbocycles. The molecule has 1 atom stereocenters. The minimum Gasteiger partial charge on any atom is -0.332 e. The van der Waals surface area contributed by atoms with Gasteiger partial charge in [0.2, 0.25) is 5.91 Å². The van der Waals surface area contributed by atoms with Crippen molar-refractivity contribution in [2.24, 2.45) is 11.7 Å². The number of aromatic nitrogens is 3. The number of fused-ring (bicyclic) bond motifs is 1. The lowest BCUT2D eigenvalue weighted by atomic mass is 10.0. The molecule has 0 unspecified atom stereocenters. The van der Waals surface area contributed by atoms with Crippen LogP contribution in [0.3, 0.4) is 0 Å². The molecular weight excluding hydrogens is 218 g/mol. The predicted octanol–water partition coefficient (Wildman–Crippen LogP) is -0.00630. The first-order valence-electron chi connectivity index (χ1n) is 5.99. The lowest BCUT2D eigenvalue weighted by Crippen LogP contribution is -2.47. The van der Waals surface area contributed by atoms with E-state index >= 15 is 0 Å². The van der Waals surface area contributed by atoms with E-state index < -0.39 is 6.04 Å². The maximum atomic E-state index is 12.1. The molecule has 1 aromatic rings. The molecular formula is C11H19N5O. The quantitative estimate of drug-likeness (QED) is 0.802. The highest BCUT2D eigenvalue weighted by Gasteiger charge is 2.26. The van der Waals surface area contributed by atoms with E-state index in [-0.39, 0.29) is 5.91 Å². The molecule has 0 bridgehead atoms. The predicted molar refractivity (Wildman–Crippen MR) is 62.9 cm³/mol. The summed E-state index contributed by atoms with van der Waals surface area (Å²) in [5, 5.41) is 7.82. The van der Waals surface area contributed by atoms with Crippen LogP contribution in [-0.4, -0.2) is 38.2 Å².